The minimum Gasteiger partial charge on any atom is -0.506 e. The second-order valence-corrected chi connectivity index (χ2v) is 8.42. The van der Waals surface area contributed by atoms with Crippen molar-refractivity contribution in [3.63, 3.8) is 0 Å². The molecule has 2 aromatic carbocycles. The Kier molecular flexibility index (Phi) is 6.66. The molecule has 0 unspecified atom stereocenters. The summed E-state index contributed by atoms with van der Waals surface area (Å²) in [6.45, 7) is 4.07. The SMILES string of the molecule is Cc1noc(C)c1COc1ccc(-c2cc(O)c(SCCc3ccccc3)c(=O)o2)cc1. The highest BCUT2D eigenvalue weighted by Crippen LogP contribution is 2.31. The molecule has 2 aromatic heterocycles. The zero-order valence-electron chi connectivity index (χ0n) is 17.8. The van der Waals surface area contributed by atoms with E-state index in [0.717, 1.165) is 23.4 Å². The Hall–Kier alpha value is -3.45. The van der Waals surface area contributed by atoms with Gasteiger partial charge in [0.05, 0.1) is 11.3 Å². The van der Waals surface area contributed by atoms with Crippen LogP contribution in [0.4, 0.5) is 0 Å². The molecule has 164 valence electrons. The molecular formula is C25H23NO5S. The van der Waals surface area contributed by atoms with Crippen LogP contribution < -0.4 is 10.4 Å². The zero-order valence-corrected chi connectivity index (χ0v) is 18.6. The van der Waals surface area contributed by atoms with Crippen LogP contribution in [0.1, 0.15) is 22.6 Å². The minimum atomic E-state index is -0.545. The molecule has 0 atom stereocenters. The maximum atomic E-state index is 12.5. The van der Waals surface area contributed by atoms with E-state index in [9.17, 15) is 9.90 Å². The van der Waals surface area contributed by atoms with E-state index in [1.54, 1.807) is 24.3 Å². The van der Waals surface area contributed by atoms with Crippen molar-refractivity contribution in [2.75, 3.05) is 5.75 Å². The fraction of sp³-hybridized carbons (Fsp3) is 0.200. The quantitative estimate of drug-likeness (QED) is 0.354. The van der Waals surface area contributed by atoms with Crippen LogP contribution in [0.2, 0.25) is 0 Å². The summed E-state index contributed by atoms with van der Waals surface area (Å²) >= 11 is 1.29. The van der Waals surface area contributed by atoms with Crippen LogP contribution in [0.3, 0.4) is 0 Å². The van der Waals surface area contributed by atoms with Crippen LogP contribution in [0, 0.1) is 13.8 Å². The average Bonchev–Trinajstić information content (AvgIpc) is 3.12. The summed E-state index contributed by atoms with van der Waals surface area (Å²) in [7, 11) is 0. The van der Waals surface area contributed by atoms with Gasteiger partial charge in [0.15, 0.2) is 0 Å². The lowest BCUT2D eigenvalue weighted by Crippen LogP contribution is -2.04. The lowest BCUT2D eigenvalue weighted by Gasteiger charge is -2.08. The largest absolute Gasteiger partial charge is 0.506 e. The first-order valence-corrected chi connectivity index (χ1v) is 11.2. The van der Waals surface area contributed by atoms with E-state index in [-0.39, 0.29) is 10.6 Å². The van der Waals surface area contributed by atoms with E-state index in [4.69, 9.17) is 13.7 Å². The van der Waals surface area contributed by atoms with Gasteiger partial charge < -0.3 is 18.8 Å². The molecule has 0 saturated heterocycles. The molecule has 2 heterocycles. The van der Waals surface area contributed by atoms with Gasteiger partial charge in [-0.05, 0) is 50.1 Å². The molecule has 0 aliphatic heterocycles. The molecule has 0 aliphatic carbocycles. The first-order chi connectivity index (χ1) is 15.5. The lowest BCUT2D eigenvalue weighted by atomic mass is 10.1. The van der Waals surface area contributed by atoms with E-state index in [2.05, 4.69) is 5.16 Å². The van der Waals surface area contributed by atoms with Crippen molar-refractivity contribution < 1.29 is 18.8 Å². The molecule has 7 heteroatoms. The van der Waals surface area contributed by atoms with Gasteiger partial charge in [0, 0.05) is 17.4 Å². The summed E-state index contributed by atoms with van der Waals surface area (Å²) < 4.78 is 16.4. The summed E-state index contributed by atoms with van der Waals surface area (Å²) in [6, 6.07) is 18.6. The van der Waals surface area contributed by atoms with Gasteiger partial charge in [-0.2, -0.15) is 0 Å². The minimum absolute atomic E-state index is 0.0759. The van der Waals surface area contributed by atoms with Crippen molar-refractivity contribution in [2.45, 2.75) is 31.8 Å². The Labute approximate surface area is 189 Å². The molecule has 0 aliphatic rings. The van der Waals surface area contributed by atoms with Gasteiger partial charge in [-0.15, -0.1) is 11.8 Å². The highest BCUT2D eigenvalue weighted by atomic mass is 32.2. The Morgan fingerprint density at radius 1 is 1.06 bits per heavy atom. The summed E-state index contributed by atoms with van der Waals surface area (Å²) in [5.74, 6) is 2.29. The molecule has 0 spiro atoms. The standard InChI is InChI=1S/C25H23NO5S/c1-16-21(17(2)31-26-16)15-29-20-10-8-19(9-11-20)23-14-22(27)24(25(28)30-23)32-13-12-18-6-4-3-5-7-18/h3-11,14,27H,12-13,15H2,1-2H3. The molecule has 4 rings (SSSR count). The highest BCUT2D eigenvalue weighted by Gasteiger charge is 2.14. The third kappa shape index (κ3) is 5.06. The number of benzene rings is 2. The molecule has 0 fully saturated rings. The smallest absolute Gasteiger partial charge is 0.353 e. The van der Waals surface area contributed by atoms with Crippen LogP contribution in [-0.4, -0.2) is 16.0 Å². The summed E-state index contributed by atoms with van der Waals surface area (Å²) in [6.07, 6.45) is 0.793. The van der Waals surface area contributed by atoms with E-state index in [1.807, 2.05) is 44.2 Å². The third-order valence-corrected chi connectivity index (χ3v) is 6.14. The van der Waals surface area contributed by atoms with Crippen LogP contribution in [-0.2, 0) is 13.0 Å². The van der Waals surface area contributed by atoms with Gasteiger partial charge in [-0.1, -0.05) is 35.5 Å². The summed E-state index contributed by atoms with van der Waals surface area (Å²) in [5.41, 5.74) is 3.03. The number of nitrogens with zero attached hydrogens (tertiary/aromatic N) is 1. The van der Waals surface area contributed by atoms with Crippen molar-refractivity contribution in [3.05, 3.63) is 93.7 Å². The number of hydrogen-bond donors (Lipinski definition) is 1. The second-order valence-electron chi connectivity index (χ2n) is 7.31. The molecule has 0 radical (unpaired) electrons. The predicted molar refractivity (Wildman–Crippen MR) is 123 cm³/mol. The van der Waals surface area contributed by atoms with Gasteiger partial charge in [0.1, 0.15) is 34.5 Å². The van der Waals surface area contributed by atoms with Gasteiger partial charge in [0.25, 0.3) is 0 Å². The first-order valence-electron chi connectivity index (χ1n) is 10.2. The number of ether oxygens (including phenoxy) is 1. The van der Waals surface area contributed by atoms with Crippen molar-refractivity contribution in [1.29, 1.82) is 0 Å². The van der Waals surface area contributed by atoms with Crippen molar-refractivity contribution in [2.24, 2.45) is 0 Å². The number of aryl methyl sites for hydroxylation is 3. The Morgan fingerprint density at radius 3 is 2.47 bits per heavy atom. The van der Waals surface area contributed by atoms with E-state index in [0.29, 0.717) is 29.4 Å². The monoisotopic (exact) mass is 449 g/mol. The molecule has 32 heavy (non-hydrogen) atoms. The van der Waals surface area contributed by atoms with Crippen LogP contribution in [0.5, 0.6) is 11.5 Å². The van der Waals surface area contributed by atoms with Crippen molar-refractivity contribution in [3.8, 4) is 22.8 Å². The van der Waals surface area contributed by atoms with Gasteiger partial charge >= 0.3 is 5.63 Å². The van der Waals surface area contributed by atoms with Crippen LogP contribution >= 0.6 is 11.8 Å². The Morgan fingerprint density at radius 2 is 1.81 bits per heavy atom. The third-order valence-electron chi connectivity index (χ3n) is 5.07. The molecule has 6 nitrogen and oxygen atoms in total. The second kappa shape index (κ2) is 9.78. The summed E-state index contributed by atoms with van der Waals surface area (Å²) in [5, 5.41) is 14.3. The van der Waals surface area contributed by atoms with Gasteiger partial charge in [0.2, 0.25) is 0 Å². The van der Waals surface area contributed by atoms with E-state index >= 15 is 0 Å². The zero-order chi connectivity index (χ0) is 22.5. The van der Waals surface area contributed by atoms with Gasteiger partial charge in [-0.3, -0.25) is 0 Å². The molecule has 0 bridgehead atoms. The van der Waals surface area contributed by atoms with Crippen LogP contribution in [0.15, 0.2) is 79.3 Å². The normalized spacial score (nSPS) is 10.9. The Balaban J connectivity index is 1.41. The van der Waals surface area contributed by atoms with Crippen molar-refractivity contribution >= 4 is 11.8 Å². The number of hydrogen-bond acceptors (Lipinski definition) is 7. The van der Waals surface area contributed by atoms with E-state index < -0.39 is 5.63 Å². The number of rotatable bonds is 8. The topological polar surface area (TPSA) is 85.7 Å². The highest BCUT2D eigenvalue weighted by molar-refractivity contribution is 7.99. The maximum absolute atomic E-state index is 12.5. The summed E-state index contributed by atoms with van der Waals surface area (Å²) in [4.78, 5) is 12.7. The molecular weight excluding hydrogens is 426 g/mol. The molecule has 0 saturated carbocycles. The molecule has 4 aromatic rings. The molecule has 0 amide bonds. The van der Waals surface area contributed by atoms with Crippen LogP contribution in [0.25, 0.3) is 11.3 Å². The fourth-order valence-corrected chi connectivity index (χ4v) is 4.15. The lowest BCUT2D eigenvalue weighted by molar-refractivity contribution is 0.301. The van der Waals surface area contributed by atoms with E-state index in [1.165, 1.54) is 23.4 Å². The Bertz CT molecular complexity index is 1230. The predicted octanol–water partition coefficient (Wildman–Crippen LogP) is 5.53. The number of thioether (sulfide) groups is 1. The average molecular weight is 450 g/mol. The van der Waals surface area contributed by atoms with Gasteiger partial charge in [-0.25, -0.2) is 4.79 Å². The van der Waals surface area contributed by atoms with Crippen molar-refractivity contribution in [1.82, 2.24) is 5.16 Å². The fourth-order valence-electron chi connectivity index (χ4n) is 3.24. The number of aromatic hydroxyl groups is 1. The number of aromatic nitrogens is 1. The first kappa shape index (κ1) is 21.8. The maximum Gasteiger partial charge on any atom is 0.353 e. The molecule has 1 N–H and O–H groups in total.